The topological polar surface area (TPSA) is 55.4 Å². The van der Waals surface area contributed by atoms with Gasteiger partial charge in [-0.05, 0) is 38.5 Å². The molecule has 0 radical (unpaired) electrons. The Labute approximate surface area is 102 Å². The maximum Gasteiger partial charge on any atom is 0.384 e. The van der Waals surface area contributed by atoms with Gasteiger partial charge >= 0.3 is 5.97 Å². The second kappa shape index (κ2) is 6.95. The first kappa shape index (κ1) is 13.6. The van der Waals surface area contributed by atoms with E-state index in [9.17, 15) is 9.59 Å². The molecule has 1 fully saturated rings. The molecule has 0 heterocycles. The molecule has 1 aliphatic carbocycles. The molecule has 1 amide bonds. The van der Waals surface area contributed by atoms with Crippen LogP contribution in [0.3, 0.4) is 0 Å². The summed E-state index contributed by atoms with van der Waals surface area (Å²) in [6.07, 6.45) is 4.26. The molecular formula is C13H19NO3. The van der Waals surface area contributed by atoms with E-state index in [1.807, 2.05) is 0 Å². The number of amides is 1. The maximum atomic E-state index is 11.4. The fourth-order valence-corrected chi connectivity index (χ4v) is 1.90. The zero-order valence-corrected chi connectivity index (χ0v) is 10.4. The smallest absolute Gasteiger partial charge is 0.384 e. The summed E-state index contributed by atoms with van der Waals surface area (Å²) in [5, 5.41) is 2.82. The first-order valence-corrected chi connectivity index (χ1v) is 6.11. The summed E-state index contributed by atoms with van der Waals surface area (Å²) >= 11 is 0. The van der Waals surface area contributed by atoms with Gasteiger partial charge in [0.2, 0.25) is 0 Å². The van der Waals surface area contributed by atoms with Crippen LogP contribution in [-0.4, -0.2) is 24.5 Å². The van der Waals surface area contributed by atoms with E-state index >= 15 is 0 Å². The Hall–Kier alpha value is -1.50. The van der Waals surface area contributed by atoms with Gasteiger partial charge in [-0.25, -0.2) is 4.79 Å². The lowest BCUT2D eigenvalue weighted by molar-refractivity contribution is -0.136. The fourth-order valence-electron chi connectivity index (χ4n) is 1.90. The first-order valence-electron chi connectivity index (χ1n) is 6.11. The first-order chi connectivity index (χ1) is 8.11. The van der Waals surface area contributed by atoms with Gasteiger partial charge in [-0.1, -0.05) is 6.92 Å². The molecule has 1 aliphatic rings. The van der Waals surface area contributed by atoms with Crippen LogP contribution in [-0.2, 0) is 14.3 Å². The Morgan fingerprint density at radius 1 is 1.24 bits per heavy atom. The molecule has 0 spiro atoms. The number of nitrogens with one attached hydrogen (secondary N) is 1. The molecule has 4 nitrogen and oxygen atoms in total. The molecule has 0 atom stereocenters. The predicted octanol–water partition coefficient (Wildman–Crippen LogP) is 1.25. The predicted molar refractivity (Wildman–Crippen MR) is 64.0 cm³/mol. The van der Waals surface area contributed by atoms with Crippen molar-refractivity contribution < 1.29 is 14.3 Å². The monoisotopic (exact) mass is 237 g/mol. The molecule has 0 bridgehead atoms. The summed E-state index contributed by atoms with van der Waals surface area (Å²) in [5.74, 6) is 4.11. The summed E-state index contributed by atoms with van der Waals surface area (Å²) < 4.78 is 4.60. The molecule has 0 unspecified atom stereocenters. The Morgan fingerprint density at radius 3 is 2.47 bits per heavy atom. The molecule has 94 valence electrons. The van der Waals surface area contributed by atoms with Crippen molar-refractivity contribution >= 4 is 11.9 Å². The lowest BCUT2D eigenvalue weighted by Gasteiger charge is -2.26. The quantitative estimate of drug-likeness (QED) is 0.447. The highest BCUT2D eigenvalue weighted by Crippen LogP contribution is 2.23. The summed E-state index contributed by atoms with van der Waals surface area (Å²) in [6.45, 7) is 4.19. The van der Waals surface area contributed by atoms with Crippen LogP contribution < -0.4 is 5.32 Å². The van der Waals surface area contributed by atoms with Crippen LogP contribution in [0, 0.1) is 17.8 Å². The van der Waals surface area contributed by atoms with Gasteiger partial charge in [0, 0.05) is 17.9 Å². The number of carbonyl (C=O) groups is 2. The van der Waals surface area contributed by atoms with E-state index in [0.717, 1.165) is 31.6 Å². The average molecular weight is 237 g/mol. The molecule has 0 aromatic rings. The third-order valence-corrected chi connectivity index (χ3v) is 2.90. The highest BCUT2D eigenvalue weighted by Gasteiger charge is 2.18. The van der Waals surface area contributed by atoms with Crippen LogP contribution in [0.4, 0.5) is 0 Å². The van der Waals surface area contributed by atoms with Crippen molar-refractivity contribution in [3.8, 4) is 11.8 Å². The number of ether oxygens (including phenoxy) is 1. The van der Waals surface area contributed by atoms with Gasteiger partial charge in [-0.15, -0.1) is 0 Å². The van der Waals surface area contributed by atoms with Crippen LogP contribution in [0.25, 0.3) is 0 Å². The van der Waals surface area contributed by atoms with Crippen molar-refractivity contribution in [2.75, 3.05) is 6.61 Å². The number of carbonyl (C=O) groups excluding carboxylic acids is 2. The maximum absolute atomic E-state index is 11.4. The molecule has 1 saturated carbocycles. The molecule has 1 rings (SSSR count). The van der Waals surface area contributed by atoms with E-state index in [2.05, 4.69) is 28.8 Å². The van der Waals surface area contributed by atoms with Gasteiger partial charge in [0.1, 0.15) is 0 Å². The highest BCUT2D eigenvalue weighted by atomic mass is 16.5. The van der Waals surface area contributed by atoms with E-state index < -0.39 is 11.9 Å². The summed E-state index contributed by atoms with van der Waals surface area (Å²) in [4.78, 5) is 22.3. The van der Waals surface area contributed by atoms with E-state index in [1.54, 1.807) is 6.92 Å². The Morgan fingerprint density at radius 2 is 1.88 bits per heavy atom. The van der Waals surface area contributed by atoms with Crippen molar-refractivity contribution in [3.63, 3.8) is 0 Å². The Kier molecular flexibility index (Phi) is 5.55. The van der Waals surface area contributed by atoms with Gasteiger partial charge in [-0.2, -0.15) is 0 Å². The molecule has 4 heteroatoms. The van der Waals surface area contributed by atoms with E-state index in [0.29, 0.717) is 0 Å². The van der Waals surface area contributed by atoms with Gasteiger partial charge in [0.15, 0.2) is 0 Å². The van der Waals surface area contributed by atoms with Crippen molar-refractivity contribution in [1.82, 2.24) is 5.32 Å². The van der Waals surface area contributed by atoms with Gasteiger partial charge in [0.05, 0.1) is 6.61 Å². The van der Waals surface area contributed by atoms with Crippen LogP contribution >= 0.6 is 0 Å². The van der Waals surface area contributed by atoms with E-state index in [1.165, 1.54) is 0 Å². The fraction of sp³-hybridized carbons (Fsp3) is 0.692. The normalized spacial score (nSPS) is 23.2. The lowest BCUT2D eigenvalue weighted by Crippen LogP contribution is -2.36. The molecular weight excluding hydrogens is 218 g/mol. The minimum absolute atomic E-state index is 0.204. The SMILES string of the molecule is CCOC(=O)C#CC(=O)NC1CCC(C)CC1. The minimum atomic E-state index is -0.653. The van der Waals surface area contributed by atoms with Crippen molar-refractivity contribution in [3.05, 3.63) is 0 Å². The second-order valence-corrected chi connectivity index (χ2v) is 4.40. The van der Waals surface area contributed by atoms with Gasteiger partial charge in [0.25, 0.3) is 5.91 Å². The van der Waals surface area contributed by atoms with Crippen LogP contribution in [0.15, 0.2) is 0 Å². The molecule has 1 N–H and O–H groups in total. The van der Waals surface area contributed by atoms with Crippen molar-refractivity contribution in [1.29, 1.82) is 0 Å². The molecule has 0 aromatic heterocycles. The zero-order chi connectivity index (χ0) is 12.7. The minimum Gasteiger partial charge on any atom is -0.456 e. The molecule has 0 aromatic carbocycles. The highest BCUT2D eigenvalue weighted by molar-refractivity contribution is 6.00. The summed E-state index contributed by atoms with van der Waals surface area (Å²) in [7, 11) is 0. The second-order valence-electron chi connectivity index (χ2n) is 4.40. The average Bonchev–Trinajstić information content (AvgIpc) is 2.30. The lowest BCUT2D eigenvalue weighted by atomic mass is 9.87. The molecule has 0 aliphatic heterocycles. The number of hydrogen-bond donors (Lipinski definition) is 1. The Bertz CT molecular complexity index is 332. The van der Waals surface area contributed by atoms with Crippen LogP contribution in [0.2, 0.25) is 0 Å². The van der Waals surface area contributed by atoms with Gasteiger partial charge in [-0.3, -0.25) is 4.79 Å². The summed E-state index contributed by atoms with van der Waals surface area (Å²) in [5.41, 5.74) is 0. The number of hydrogen-bond acceptors (Lipinski definition) is 3. The molecule has 0 saturated heterocycles. The van der Waals surface area contributed by atoms with Crippen LogP contribution in [0.1, 0.15) is 39.5 Å². The van der Waals surface area contributed by atoms with E-state index in [-0.39, 0.29) is 12.6 Å². The number of rotatable bonds is 2. The van der Waals surface area contributed by atoms with Crippen LogP contribution in [0.5, 0.6) is 0 Å². The molecule has 17 heavy (non-hydrogen) atoms. The zero-order valence-electron chi connectivity index (χ0n) is 10.4. The standard InChI is InChI=1S/C13H19NO3/c1-3-17-13(16)9-8-12(15)14-11-6-4-10(2)5-7-11/h10-11H,3-7H2,1-2H3,(H,14,15). The summed E-state index contributed by atoms with van der Waals surface area (Å²) in [6, 6.07) is 0.204. The van der Waals surface area contributed by atoms with E-state index in [4.69, 9.17) is 0 Å². The van der Waals surface area contributed by atoms with Crippen molar-refractivity contribution in [2.24, 2.45) is 5.92 Å². The van der Waals surface area contributed by atoms with Gasteiger partial charge < -0.3 is 10.1 Å². The third-order valence-electron chi connectivity index (χ3n) is 2.90. The largest absolute Gasteiger partial charge is 0.456 e. The third kappa shape index (κ3) is 5.39. The number of esters is 1. The van der Waals surface area contributed by atoms with Crippen molar-refractivity contribution in [2.45, 2.75) is 45.6 Å². The Balaban J connectivity index is 2.32.